The van der Waals surface area contributed by atoms with Gasteiger partial charge in [-0.25, -0.2) is 0 Å². The molecule has 16 heavy (non-hydrogen) atoms. The zero-order valence-electron chi connectivity index (χ0n) is 10.5. The number of para-hydroxylation sites is 1. The number of hydrogen-bond acceptors (Lipinski definition) is 2. The number of nitrogens with zero attached hydrogens (tertiary/aromatic N) is 1. The van der Waals surface area contributed by atoms with E-state index in [9.17, 15) is 0 Å². The molecule has 1 atom stereocenters. The summed E-state index contributed by atoms with van der Waals surface area (Å²) in [7, 11) is 0. The lowest BCUT2D eigenvalue weighted by Gasteiger charge is -2.47. The van der Waals surface area contributed by atoms with Gasteiger partial charge in [-0.3, -0.25) is 0 Å². The largest absolute Gasteiger partial charge is 0.366 e. The topological polar surface area (TPSA) is 29.3 Å². The minimum absolute atomic E-state index is 0.170. The third-order valence-corrected chi connectivity index (χ3v) is 3.62. The summed E-state index contributed by atoms with van der Waals surface area (Å²) in [5.74, 6) is 0. The van der Waals surface area contributed by atoms with Gasteiger partial charge in [-0.2, -0.15) is 0 Å². The Morgan fingerprint density at radius 2 is 2.00 bits per heavy atom. The number of hydrogen-bond donors (Lipinski definition) is 1. The third kappa shape index (κ3) is 2.07. The molecule has 1 fully saturated rings. The normalized spacial score (nSPS) is 24.5. The van der Waals surface area contributed by atoms with E-state index >= 15 is 0 Å². The average Bonchev–Trinajstić information content (AvgIpc) is 2.18. The molecule has 1 saturated heterocycles. The van der Waals surface area contributed by atoms with Gasteiger partial charge in [-0.15, -0.1) is 0 Å². The second-order valence-electron chi connectivity index (χ2n) is 5.50. The predicted octanol–water partition coefficient (Wildman–Crippen LogP) is 2.70. The molecule has 0 radical (unpaired) electrons. The van der Waals surface area contributed by atoms with Gasteiger partial charge in [0.15, 0.2) is 0 Å². The second kappa shape index (κ2) is 4.10. The van der Waals surface area contributed by atoms with E-state index in [2.05, 4.69) is 49.9 Å². The smallest absolute Gasteiger partial charge is 0.0400 e. The summed E-state index contributed by atoms with van der Waals surface area (Å²) >= 11 is 0. The number of anilines is 1. The van der Waals surface area contributed by atoms with Crippen LogP contribution in [0.3, 0.4) is 0 Å². The monoisotopic (exact) mass is 218 g/mol. The van der Waals surface area contributed by atoms with Gasteiger partial charge in [0.1, 0.15) is 0 Å². The maximum atomic E-state index is 6.06. The molecule has 0 saturated carbocycles. The summed E-state index contributed by atoms with van der Waals surface area (Å²) in [6.45, 7) is 7.83. The molecular formula is C14H22N2. The van der Waals surface area contributed by atoms with Crippen molar-refractivity contribution in [3.63, 3.8) is 0 Å². The molecule has 2 N–H and O–H groups in total. The van der Waals surface area contributed by atoms with Crippen LogP contribution in [-0.4, -0.2) is 18.1 Å². The Balaban J connectivity index is 2.31. The summed E-state index contributed by atoms with van der Waals surface area (Å²) in [5.41, 5.74) is 8.95. The summed E-state index contributed by atoms with van der Waals surface area (Å²) in [4.78, 5) is 2.51. The Morgan fingerprint density at radius 1 is 1.31 bits per heavy atom. The van der Waals surface area contributed by atoms with Gasteiger partial charge in [-0.05, 0) is 45.2 Å². The van der Waals surface area contributed by atoms with Crippen molar-refractivity contribution >= 4 is 5.69 Å². The molecule has 1 aliphatic heterocycles. The molecule has 88 valence electrons. The molecule has 1 heterocycles. The van der Waals surface area contributed by atoms with E-state index in [1.54, 1.807) is 0 Å². The molecule has 0 aliphatic carbocycles. The highest BCUT2D eigenvalue weighted by Gasteiger charge is 2.33. The molecule has 2 nitrogen and oxygen atoms in total. The molecule has 0 spiro atoms. The number of benzene rings is 1. The van der Waals surface area contributed by atoms with E-state index in [4.69, 9.17) is 5.73 Å². The molecule has 0 aromatic heterocycles. The van der Waals surface area contributed by atoms with Crippen LogP contribution >= 0.6 is 0 Å². The Morgan fingerprint density at radius 3 is 2.62 bits per heavy atom. The molecule has 2 rings (SSSR count). The first-order chi connectivity index (χ1) is 7.50. The van der Waals surface area contributed by atoms with Crippen LogP contribution in [0.2, 0.25) is 0 Å². The van der Waals surface area contributed by atoms with Gasteiger partial charge in [0, 0.05) is 23.8 Å². The SMILES string of the molecule is Cc1ccccc1N1CCC(N)CC1(C)C. The zero-order chi connectivity index (χ0) is 11.8. The molecule has 2 heteroatoms. The Kier molecular flexibility index (Phi) is 2.94. The minimum atomic E-state index is 0.170. The van der Waals surface area contributed by atoms with Crippen molar-refractivity contribution < 1.29 is 0 Å². The van der Waals surface area contributed by atoms with Crippen molar-refractivity contribution in [3.05, 3.63) is 29.8 Å². The summed E-state index contributed by atoms with van der Waals surface area (Å²) < 4.78 is 0. The van der Waals surface area contributed by atoms with Crippen molar-refractivity contribution in [2.75, 3.05) is 11.4 Å². The van der Waals surface area contributed by atoms with Crippen LogP contribution in [0, 0.1) is 6.92 Å². The third-order valence-electron chi connectivity index (χ3n) is 3.62. The van der Waals surface area contributed by atoms with Crippen LogP contribution in [0.5, 0.6) is 0 Å². The van der Waals surface area contributed by atoms with Crippen molar-refractivity contribution in [2.24, 2.45) is 5.73 Å². The number of aryl methyl sites for hydroxylation is 1. The highest BCUT2D eigenvalue weighted by Crippen LogP contribution is 2.33. The Labute approximate surface area is 98.4 Å². The highest BCUT2D eigenvalue weighted by molar-refractivity contribution is 5.55. The molecule has 1 aromatic carbocycles. The van der Waals surface area contributed by atoms with Crippen molar-refractivity contribution in [1.82, 2.24) is 0 Å². The maximum absolute atomic E-state index is 6.06. The lowest BCUT2D eigenvalue weighted by molar-refractivity contribution is 0.327. The Hall–Kier alpha value is -1.02. The van der Waals surface area contributed by atoms with Crippen LogP contribution in [0.15, 0.2) is 24.3 Å². The van der Waals surface area contributed by atoms with E-state index in [1.165, 1.54) is 11.3 Å². The van der Waals surface area contributed by atoms with Crippen LogP contribution in [0.25, 0.3) is 0 Å². The van der Waals surface area contributed by atoms with E-state index in [0.29, 0.717) is 6.04 Å². The van der Waals surface area contributed by atoms with Crippen LogP contribution in [0.1, 0.15) is 32.3 Å². The number of nitrogens with two attached hydrogens (primary N) is 1. The molecule has 0 bridgehead atoms. The fraction of sp³-hybridized carbons (Fsp3) is 0.571. The molecular weight excluding hydrogens is 196 g/mol. The van der Waals surface area contributed by atoms with Crippen LogP contribution < -0.4 is 10.6 Å². The molecule has 1 aromatic rings. The van der Waals surface area contributed by atoms with Crippen molar-refractivity contribution in [1.29, 1.82) is 0 Å². The van der Waals surface area contributed by atoms with E-state index in [-0.39, 0.29) is 5.54 Å². The first kappa shape index (κ1) is 11.5. The van der Waals surface area contributed by atoms with Gasteiger partial charge in [0.25, 0.3) is 0 Å². The number of piperidine rings is 1. The summed E-state index contributed by atoms with van der Waals surface area (Å²) in [6, 6.07) is 8.97. The Bertz CT molecular complexity index is 371. The fourth-order valence-corrected chi connectivity index (χ4v) is 2.76. The van der Waals surface area contributed by atoms with Crippen LogP contribution in [0.4, 0.5) is 5.69 Å². The maximum Gasteiger partial charge on any atom is 0.0400 e. The highest BCUT2D eigenvalue weighted by atomic mass is 15.2. The van der Waals surface area contributed by atoms with E-state index in [0.717, 1.165) is 19.4 Å². The van der Waals surface area contributed by atoms with Crippen molar-refractivity contribution in [3.8, 4) is 0 Å². The zero-order valence-corrected chi connectivity index (χ0v) is 10.5. The number of rotatable bonds is 1. The second-order valence-corrected chi connectivity index (χ2v) is 5.50. The first-order valence-electron chi connectivity index (χ1n) is 6.09. The first-order valence-corrected chi connectivity index (χ1v) is 6.09. The van der Waals surface area contributed by atoms with Gasteiger partial charge in [-0.1, -0.05) is 18.2 Å². The quantitative estimate of drug-likeness (QED) is 0.785. The van der Waals surface area contributed by atoms with E-state index < -0.39 is 0 Å². The fourth-order valence-electron chi connectivity index (χ4n) is 2.76. The van der Waals surface area contributed by atoms with Crippen LogP contribution in [-0.2, 0) is 0 Å². The average molecular weight is 218 g/mol. The lowest BCUT2D eigenvalue weighted by atomic mass is 9.86. The van der Waals surface area contributed by atoms with Gasteiger partial charge in [0.05, 0.1) is 0 Å². The van der Waals surface area contributed by atoms with Gasteiger partial charge < -0.3 is 10.6 Å². The lowest BCUT2D eigenvalue weighted by Crippen LogP contribution is -2.53. The van der Waals surface area contributed by atoms with Gasteiger partial charge >= 0.3 is 0 Å². The minimum Gasteiger partial charge on any atom is -0.366 e. The summed E-state index contributed by atoms with van der Waals surface area (Å²) in [6.07, 6.45) is 2.17. The summed E-state index contributed by atoms with van der Waals surface area (Å²) in [5, 5.41) is 0. The molecule has 0 amide bonds. The van der Waals surface area contributed by atoms with Crippen molar-refractivity contribution in [2.45, 2.75) is 45.2 Å². The van der Waals surface area contributed by atoms with Gasteiger partial charge in [0.2, 0.25) is 0 Å². The molecule has 1 unspecified atom stereocenters. The standard InChI is InChI=1S/C14H22N2/c1-11-6-4-5-7-13(11)16-9-8-12(15)10-14(16,2)3/h4-7,12H,8-10,15H2,1-3H3. The van der Waals surface area contributed by atoms with E-state index in [1.807, 2.05) is 0 Å². The predicted molar refractivity (Wildman–Crippen MR) is 69.8 cm³/mol. The molecule has 1 aliphatic rings.